The van der Waals surface area contributed by atoms with Crippen molar-refractivity contribution < 1.29 is 23.5 Å². The van der Waals surface area contributed by atoms with E-state index in [1.165, 1.54) is 25.3 Å². The highest BCUT2D eigenvalue weighted by molar-refractivity contribution is 6.33. The molecule has 1 aliphatic heterocycles. The van der Waals surface area contributed by atoms with Crippen LogP contribution in [0.4, 0.5) is 14.9 Å². The largest absolute Gasteiger partial charge is 0.496 e. The summed E-state index contributed by atoms with van der Waals surface area (Å²) in [6.07, 6.45) is 2.76. The van der Waals surface area contributed by atoms with Crippen molar-refractivity contribution in [1.82, 2.24) is 10.2 Å². The van der Waals surface area contributed by atoms with Crippen molar-refractivity contribution in [3.8, 4) is 5.75 Å². The normalized spacial score (nSPS) is 15.3. The van der Waals surface area contributed by atoms with E-state index in [-0.39, 0.29) is 17.8 Å². The van der Waals surface area contributed by atoms with Crippen LogP contribution < -0.4 is 21.5 Å². The molecule has 2 aromatic rings. The van der Waals surface area contributed by atoms with E-state index < -0.39 is 6.09 Å². The van der Waals surface area contributed by atoms with Gasteiger partial charge in [-0.2, -0.15) is 0 Å². The molecule has 0 saturated carbocycles. The molecule has 3 rings (SSSR count). The van der Waals surface area contributed by atoms with Gasteiger partial charge < -0.3 is 31.2 Å². The van der Waals surface area contributed by atoms with Gasteiger partial charge in [0.25, 0.3) is 5.91 Å². The van der Waals surface area contributed by atoms with Gasteiger partial charge in [-0.1, -0.05) is 23.7 Å². The van der Waals surface area contributed by atoms with Crippen molar-refractivity contribution in [2.45, 2.75) is 38.2 Å². The zero-order valence-electron chi connectivity index (χ0n) is 20.5. The van der Waals surface area contributed by atoms with E-state index in [1.807, 2.05) is 0 Å². The van der Waals surface area contributed by atoms with Gasteiger partial charge in [0.05, 0.1) is 23.4 Å². The number of carbonyl (C=O) groups is 2. The van der Waals surface area contributed by atoms with Crippen LogP contribution in [-0.4, -0.2) is 56.3 Å². The molecule has 8 nitrogen and oxygen atoms in total. The Labute approximate surface area is 216 Å². The monoisotopic (exact) mass is 520 g/mol. The van der Waals surface area contributed by atoms with Crippen molar-refractivity contribution in [1.29, 1.82) is 0 Å². The van der Waals surface area contributed by atoms with E-state index in [4.69, 9.17) is 32.5 Å². The first kappa shape index (κ1) is 27.5. The number of piperidine rings is 1. The van der Waals surface area contributed by atoms with Crippen LogP contribution in [0.5, 0.6) is 5.75 Å². The van der Waals surface area contributed by atoms with Crippen molar-refractivity contribution in [2.75, 3.05) is 39.0 Å². The van der Waals surface area contributed by atoms with Gasteiger partial charge in [0.1, 0.15) is 17.7 Å². The molecule has 0 radical (unpaired) electrons. The quantitative estimate of drug-likeness (QED) is 0.385. The summed E-state index contributed by atoms with van der Waals surface area (Å²) in [5, 5.41) is 3.29. The molecular formula is C26H34ClFN4O4. The summed E-state index contributed by atoms with van der Waals surface area (Å²) < 4.78 is 23.7. The second-order valence-corrected chi connectivity index (χ2v) is 9.49. The number of nitrogen functional groups attached to an aromatic ring is 1. The highest BCUT2D eigenvalue weighted by atomic mass is 35.5. The number of amides is 2. The molecule has 0 bridgehead atoms. The van der Waals surface area contributed by atoms with Gasteiger partial charge >= 0.3 is 6.09 Å². The van der Waals surface area contributed by atoms with Gasteiger partial charge in [0, 0.05) is 19.2 Å². The average molecular weight is 521 g/mol. The second-order valence-electron chi connectivity index (χ2n) is 9.08. The first-order valence-electron chi connectivity index (χ1n) is 12.1. The maximum Gasteiger partial charge on any atom is 0.404 e. The number of nitrogens with zero attached hydrogens (tertiary/aromatic N) is 1. The molecule has 196 valence electrons. The molecule has 0 aliphatic carbocycles. The zero-order valence-corrected chi connectivity index (χ0v) is 21.2. The fourth-order valence-electron chi connectivity index (χ4n) is 4.39. The smallest absolute Gasteiger partial charge is 0.404 e. The number of hydrogen-bond acceptors (Lipinski definition) is 6. The van der Waals surface area contributed by atoms with E-state index in [9.17, 15) is 14.0 Å². The van der Waals surface area contributed by atoms with Crippen LogP contribution in [0.15, 0.2) is 36.4 Å². The fraction of sp³-hybridized carbons (Fsp3) is 0.462. The van der Waals surface area contributed by atoms with Crippen LogP contribution in [0.2, 0.25) is 5.02 Å². The molecule has 1 unspecified atom stereocenters. The number of halogens is 2. The molecule has 2 aromatic carbocycles. The Morgan fingerprint density at radius 1 is 1.19 bits per heavy atom. The molecular weight excluding hydrogens is 487 g/mol. The minimum absolute atomic E-state index is 0.247. The summed E-state index contributed by atoms with van der Waals surface area (Å²) in [5.74, 6) is 0.220. The number of anilines is 1. The lowest BCUT2D eigenvalue weighted by Gasteiger charge is -2.32. The summed E-state index contributed by atoms with van der Waals surface area (Å²) in [7, 11) is 1.48. The second kappa shape index (κ2) is 13.3. The minimum Gasteiger partial charge on any atom is -0.496 e. The first-order valence-corrected chi connectivity index (χ1v) is 12.5. The topological polar surface area (TPSA) is 120 Å². The maximum atomic E-state index is 13.1. The zero-order chi connectivity index (χ0) is 26.1. The minimum atomic E-state index is -0.785. The third kappa shape index (κ3) is 8.27. The molecule has 0 spiro atoms. The summed E-state index contributed by atoms with van der Waals surface area (Å²) >= 11 is 6.07. The SMILES string of the molecule is COc1cc(N)c(Cl)cc1C(=O)NCC1CCN(CCC(CCc2ccc(F)cc2)OC(N)=O)CC1. The van der Waals surface area contributed by atoms with Crippen LogP contribution in [0.1, 0.15) is 41.6 Å². The maximum absolute atomic E-state index is 13.1. The van der Waals surface area contributed by atoms with Gasteiger partial charge in [-0.3, -0.25) is 4.79 Å². The molecule has 1 heterocycles. The number of likely N-dealkylation sites (tertiary alicyclic amines) is 1. The van der Waals surface area contributed by atoms with Gasteiger partial charge in [-0.15, -0.1) is 0 Å². The van der Waals surface area contributed by atoms with Gasteiger partial charge in [-0.25, -0.2) is 9.18 Å². The molecule has 2 amide bonds. The summed E-state index contributed by atoms with van der Waals surface area (Å²) in [4.78, 5) is 26.3. The summed E-state index contributed by atoms with van der Waals surface area (Å²) in [6.45, 7) is 3.11. The Morgan fingerprint density at radius 3 is 2.53 bits per heavy atom. The lowest BCUT2D eigenvalue weighted by Crippen LogP contribution is -2.40. The van der Waals surface area contributed by atoms with Crippen molar-refractivity contribution >= 4 is 29.3 Å². The number of hydrogen-bond donors (Lipinski definition) is 3. The Morgan fingerprint density at radius 2 is 1.89 bits per heavy atom. The molecule has 10 heteroatoms. The van der Waals surface area contributed by atoms with Gasteiger partial charge in [0.15, 0.2) is 0 Å². The Balaban J connectivity index is 1.41. The van der Waals surface area contributed by atoms with Gasteiger partial charge in [0.2, 0.25) is 0 Å². The molecule has 1 saturated heterocycles. The van der Waals surface area contributed by atoms with Gasteiger partial charge in [-0.05, 0) is 74.9 Å². The van der Waals surface area contributed by atoms with E-state index in [0.29, 0.717) is 53.7 Å². The highest BCUT2D eigenvalue weighted by Gasteiger charge is 2.23. The number of nitrogens with one attached hydrogen (secondary N) is 1. The fourth-order valence-corrected chi connectivity index (χ4v) is 4.56. The van der Waals surface area contributed by atoms with E-state index in [1.54, 1.807) is 18.2 Å². The molecule has 1 fully saturated rings. The standard InChI is InChI=1S/C26H34ClFN4O4/c1-35-24-15-23(29)22(27)14-21(24)25(33)31-16-18-8-11-32(12-9-18)13-10-20(36-26(30)34)7-4-17-2-5-19(28)6-3-17/h2-3,5-6,14-15,18,20H,4,7-13,16,29H2,1H3,(H2,30,34)(H,31,33). The molecule has 36 heavy (non-hydrogen) atoms. The Kier molecular flexibility index (Phi) is 10.2. The highest BCUT2D eigenvalue weighted by Crippen LogP contribution is 2.29. The number of primary amides is 1. The predicted octanol–water partition coefficient (Wildman–Crippen LogP) is 4.00. The molecule has 0 aromatic heterocycles. The number of carbonyl (C=O) groups excluding carboxylic acids is 2. The molecule has 1 atom stereocenters. The first-order chi connectivity index (χ1) is 17.2. The van der Waals surface area contributed by atoms with Crippen LogP contribution in [0.25, 0.3) is 0 Å². The number of ether oxygens (including phenoxy) is 2. The van der Waals surface area contributed by atoms with Crippen molar-refractivity contribution in [3.63, 3.8) is 0 Å². The number of benzene rings is 2. The van der Waals surface area contributed by atoms with E-state index >= 15 is 0 Å². The number of nitrogens with two attached hydrogens (primary N) is 2. The van der Waals surface area contributed by atoms with Crippen LogP contribution in [0.3, 0.4) is 0 Å². The number of methoxy groups -OCH3 is 1. The third-order valence-corrected chi connectivity index (χ3v) is 6.87. The van der Waals surface area contributed by atoms with Crippen LogP contribution in [-0.2, 0) is 11.2 Å². The number of aryl methyl sites for hydroxylation is 1. The lowest BCUT2D eigenvalue weighted by atomic mass is 9.96. The Bertz CT molecular complexity index is 1030. The Hall–Kier alpha value is -3.04. The van der Waals surface area contributed by atoms with Crippen LogP contribution in [0, 0.1) is 11.7 Å². The van der Waals surface area contributed by atoms with Crippen molar-refractivity contribution in [2.24, 2.45) is 11.7 Å². The van der Waals surface area contributed by atoms with E-state index in [0.717, 1.165) is 38.0 Å². The number of rotatable bonds is 11. The van der Waals surface area contributed by atoms with Crippen molar-refractivity contribution in [3.05, 3.63) is 58.4 Å². The molecule has 5 N–H and O–H groups in total. The lowest BCUT2D eigenvalue weighted by molar-refractivity contribution is 0.0802. The summed E-state index contributed by atoms with van der Waals surface area (Å²) in [5.41, 5.74) is 12.8. The van der Waals surface area contributed by atoms with Crippen LogP contribution >= 0.6 is 11.6 Å². The predicted molar refractivity (Wildman–Crippen MR) is 138 cm³/mol. The summed E-state index contributed by atoms with van der Waals surface area (Å²) in [6, 6.07) is 9.38. The third-order valence-electron chi connectivity index (χ3n) is 6.54. The average Bonchev–Trinajstić information content (AvgIpc) is 2.86. The van der Waals surface area contributed by atoms with E-state index in [2.05, 4.69) is 10.2 Å². The molecule has 1 aliphatic rings.